The molecule has 1 aromatic carbocycles. The molecule has 0 saturated heterocycles. The van der Waals surface area contributed by atoms with Gasteiger partial charge in [0.1, 0.15) is 5.75 Å². The summed E-state index contributed by atoms with van der Waals surface area (Å²) in [6, 6.07) is 6.88. The highest BCUT2D eigenvalue weighted by atomic mass is 16.5. The number of anilines is 1. The van der Waals surface area contributed by atoms with Crippen molar-refractivity contribution in [3.63, 3.8) is 0 Å². The third-order valence-electron chi connectivity index (χ3n) is 2.52. The van der Waals surface area contributed by atoms with Gasteiger partial charge in [0.2, 0.25) is 0 Å². The van der Waals surface area contributed by atoms with E-state index in [1.54, 1.807) is 0 Å². The van der Waals surface area contributed by atoms with Crippen molar-refractivity contribution < 1.29 is 4.74 Å². The Morgan fingerprint density at radius 3 is 2.53 bits per heavy atom. The lowest BCUT2D eigenvalue weighted by Crippen LogP contribution is -2.22. The van der Waals surface area contributed by atoms with E-state index in [0.29, 0.717) is 12.6 Å². The molecule has 17 heavy (non-hydrogen) atoms. The van der Waals surface area contributed by atoms with E-state index in [1.807, 2.05) is 21.0 Å². The van der Waals surface area contributed by atoms with Gasteiger partial charge in [0.15, 0.2) is 0 Å². The maximum absolute atomic E-state index is 5.68. The van der Waals surface area contributed by atoms with Crippen LogP contribution in [0.3, 0.4) is 0 Å². The molecular weight excluding hydrogens is 212 g/mol. The first-order chi connectivity index (χ1) is 8.04. The van der Waals surface area contributed by atoms with Crippen molar-refractivity contribution in [2.75, 3.05) is 25.6 Å². The van der Waals surface area contributed by atoms with Crippen molar-refractivity contribution in [3.05, 3.63) is 23.8 Å². The van der Waals surface area contributed by atoms with Crippen LogP contribution in [0.4, 0.5) is 5.69 Å². The molecule has 0 aliphatic carbocycles. The molecule has 0 aliphatic rings. The summed E-state index contributed by atoms with van der Waals surface area (Å²) in [5.41, 5.74) is 2.38. The molecule has 0 atom stereocenters. The molecule has 1 rings (SSSR count). The van der Waals surface area contributed by atoms with Crippen LogP contribution < -0.4 is 15.0 Å². The Labute approximate surface area is 105 Å². The Hall–Kier alpha value is -1.22. The standard InChI is InChI=1S/C14H24N2O/c1-6-17-14-9-12(10-15-11(2)3)7-8-13(14)16(4)5/h7-9,11,15H,6,10H2,1-5H3. The third-order valence-corrected chi connectivity index (χ3v) is 2.52. The van der Waals surface area contributed by atoms with Crippen molar-refractivity contribution in [1.82, 2.24) is 5.32 Å². The van der Waals surface area contributed by atoms with Crippen LogP contribution in [-0.4, -0.2) is 26.7 Å². The molecule has 1 N–H and O–H groups in total. The van der Waals surface area contributed by atoms with Crippen LogP contribution in [0.15, 0.2) is 18.2 Å². The van der Waals surface area contributed by atoms with Crippen LogP contribution in [-0.2, 0) is 6.54 Å². The van der Waals surface area contributed by atoms with Crippen molar-refractivity contribution in [3.8, 4) is 5.75 Å². The van der Waals surface area contributed by atoms with E-state index >= 15 is 0 Å². The molecular formula is C14H24N2O. The Kier molecular flexibility index (Phi) is 5.29. The van der Waals surface area contributed by atoms with E-state index in [9.17, 15) is 0 Å². The molecule has 0 aliphatic heterocycles. The minimum Gasteiger partial charge on any atom is -0.492 e. The highest BCUT2D eigenvalue weighted by Gasteiger charge is 2.07. The van der Waals surface area contributed by atoms with Gasteiger partial charge in [-0.15, -0.1) is 0 Å². The van der Waals surface area contributed by atoms with E-state index < -0.39 is 0 Å². The van der Waals surface area contributed by atoms with Crippen LogP contribution in [0, 0.1) is 0 Å². The lowest BCUT2D eigenvalue weighted by atomic mass is 10.1. The van der Waals surface area contributed by atoms with Gasteiger partial charge in [-0.2, -0.15) is 0 Å². The number of hydrogen-bond donors (Lipinski definition) is 1. The zero-order chi connectivity index (χ0) is 12.8. The molecule has 3 nitrogen and oxygen atoms in total. The summed E-state index contributed by atoms with van der Waals surface area (Å²) in [5, 5.41) is 3.41. The molecule has 0 aromatic heterocycles. The molecule has 0 radical (unpaired) electrons. The van der Waals surface area contributed by atoms with E-state index in [1.165, 1.54) is 5.56 Å². The lowest BCUT2D eigenvalue weighted by molar-refractivity contribution is 0.340. The van der Waals surface area contributed by atoms with Crippen molar-refractivity contribution >= 4 is 5.69 Å². The van der Waals surface area contributed by atoms with Gasteiger partial charge in [0.05, 0.1) is 12.3 Å². The van der Waals surface area contributed by atoms with Gasteiger partial charge >= 0.3 is 0 Å². The quantitative estimate of drug-likeness (QED) is 0.822. The Morgan fingerprint density at radius 1 is 1.29 bits per heavy atom. The van der Waals surface area contributed by atoms with E-state index in [-0.39, 0.29) is 0 Å². The smallest absolute Gasteiger partial charge is 0.142 e. The summed E-state index contributed by atoms with van der Waals surface area (Å²) >= 11 is 0. The predicted octanol–water partition coefficient (Wildman–Crippen LogP) is 2.65. The lowest BCUT2D eigenvalue weighted by Gasteiger charge is -2.18. The molecule has 0 bridgehead atoms. The van der Waals surface area contributed by atoms with Crippen LogP contribution >= 0.6 is 0 Å². The fourth-order valence-electron chi connectivity index (χ4n) is 1.63. The van der Waals surface area contributed by atoms with Gasteiger partial charge in [-0.25, -0.2) is 0 Å². The molecule has 0 heterocycles. The molecule has 1 aromatic rings. The van der Waals surface area contributed by atoms with E-state index in [0.717, 1.165) is 18.0 Å². The zero-order valence-corrected chi connectivity index (χ0v) is 11.6. The normalized spacial score (nSPS) is 10.7. The minimum atomic E-state index is 0.499. The molecule has 96 valence electrons. The van der Waals surface area contributed by atoms with Crippen molar-refractivity contribution in [2.24, 2.45) is 0 Å². The fraction of sp³-hybridized carbons (Fsp3) is 0.571. The monoisotopic (exact) mass is 236 g/mol. The van der Waals surface area contributed by atoms with Gasteiger partial charge in [-0.3, -0.25) is 0 Å². The molecule has 0 unspecified atom stereocenters. The molecule has 3 heteroatoms. The highest BCUT2D eigenvalue weighted by Crippen LogP contribution is 2.28. The van der Waals surface area contributed by atoms with Crippen LogP contribution in [0.25, 0.3) is 0 Å². The summed E-state index contributed by atoms with van der Waals surface area (Å²) in [7, 11) is 4.06. The van der Waals surface area contributed by atoms with Crippen LogP contribution in [0.1, 0.15) is 26.3 Å². The van der Waals surface area contributed by atoms with Crippen LogP contribution in [0.2, 0.25) is 0 Å². The highest BCUT2D eigenvalue weighted by molar-refractivity contribution is 5.58. The Bertz CT molecular complexity index is 348. The minimum absolute atomic E-state index is 0.499. The van der Waals surface area contributed by atoms with Gasteiger partial charge < -0.3 is 15.0 Å². The average Bonchev–Trinajstić information content (AvgIpc) is 2.26. The number of ether oxygens (including phenoxy) is 1. The molecule has 0 spiro atoms. The molecule has 0 amide bonds. The first-order valence-corrected chi connectivity index (χ1v) is 6.21. The third kappa shape index (κ3) is 4.27. The number of rotatable bonds is 6. The number of hydrogen-bond acceptors (Lipinski definition) is 3. The van der Waals surface area contributed by atoms with Gasteiger partial charge in [-0.1, -0.05) is 19.9 Å². The summed E-state index contributed by atoms with van der Waals surface area (Å²) in [6.45, 7) is 7.89. The largest absolute Gasteiger partial charge is 0.492 e. The summed E-state index contributed by atoms with van der Waals surface area (Å²) in [4.78, 5) is 2.07. The average molecular weight is 236 g/mol. The summed E-state index contributed by atoms with van der Waals surface area (Å²) < 4.78 is 5.68. The second kappa shape index (κ2) is 6.50. The second-order valence-corrected chi connectivity index (χ2v) is 4.67. The van der Waals surface area contributed by atoms with Crippen LogP contribution in [0.5, 0.6) is 5.75 Å². The summed E-state index contributed by atoms with van der Waals surface area (Å²) in [6.07, 6.45) is 0. The van der Waals surface area contributed by atoms with Gasteiger partial charge in [0, 0.05) is 26.7 Å². The Balaban J connectivity index is 2.85. The van der Waals surface area contributed by atoms with Crippen molar-refractivity contribution in [1.29, 1.82) is 0 Å². The van der Waals surface area contributed by atoms with Gasteiger partial charge in [-0.05, 0) is 24.6 Å². The molecule has 0 fully saturated rings. The first kappa shape index (κ1) is 13.8. The van der Waals surface area contributed by atoms with E-state index in [2.05, 4.69) is 42.3 Å². The van der Waals surface area contributed by atoms with Gasteiger partial charge in [0.25, 0.3) is 0 Å². The number of benzene rings is 1. The number of nitrogens with zero attached hydrogens (tertiary/aromatic N) is 1. The first-order valence-electron chi connectivity index (χ1n) is 6.21. The second-order valence-electron chi connectivity index (χ2n) is 4.67. The zero-order valence-electron chi connectivity index (χ0n) is 11.6. The maximum atomic E-state index is 5.68. The number of nitrogens with one attached hydrogen (secondary N) is 1. The predicted molar refractivity (Wildman–Crippen MR) is 73.9 cm³/mol. The topological polar surface area (TPSA) is 24.5 Å². The summed E-state index contributed by atoms with van der Waals surface area (Å²) in [5.74, 6) is 0.959. The fourth-order valence-corrected chi connectivity index (χ4v) is 1.63. The Morgan fingerprint density at radius 2 is 2.00 bits per heavy atom. The molecule has 0 saturated carbocycles. The maximum Gasteiger partial charge on any atom is 0.142 e. The van der Waals surface area contributed by atoms with Crippen molar-refractivity contribution in [2.45, 2.75) is 33.4 Å². The SMILES string of the molecule is CCOc1cc(CNC(C)C)ccc1N(C)C. The van der Waals surface area contributed by atoms with E-state index in [4.69, 9.17) is 4.74 Å².